The van der Waals surface area contributed by atoms with Crippen LogP contribution in [0.5, 0.6) is 0 Å². The molecular weight excluding hydrogens is 278 g/mol. The zero-order valence-electron chi connectivity index (χ0n) is 9.05. The number of carbonyl (C=O) groups is 1. The van der Waals surface area contributed by atoms with E-state index >= 15 is 0 Å². The van der Waals surface area contributed by atoms with Crippen LogP contribution in [0.1, 0.15) is 0 Å². The Bertz CT molecular complexity index is 480. The molecule has 1 atom stereocenters. The second-order valence-electron chi connectivity index (χ2n) is 4.01. The number of fused-ring (bicyclic) bond motifs is 1. The summed E-state index contributed by atoms with van der Waals surface area (Å²) in [7, 11) is 0. The van der Waals surface area contributed by atoms with E-state index in [0.29, 0.717) is 6.08 Å². The standard InChI is InChI=1S/C11H6F6O2/c12-10(13,14)9(11(15,16)17)6-4-2-1-3-5-7(6)19-8(9)18/h1-6H. The molecule has 0 saturated carbocycles. The van der Waals surface area contributed by atoms with E-state index < -0.39 is 35.4 Å². The Morgan fingerprint density at radius 1 is 1.00 bits per heavy atom. The summed E-state index contributed by atoms with van der Waals surface area (Å²) >= 11 is 0. The molecule has 1 aliphatic heterocycles. The fourth-order valence-corrected chi connectivity index (χ4v) is 2.10. The zero-order valence-corrected chi connectivity index (χ0v) is 9.05. The lowest BCUT2D eigenvalue weighted by molar-refractivity contribution is -0.331. The first-order valence-corrected chi connectivity index (χ1v) is 5.03. The molecule has 0 aromatic heterocycles. The van der Waals surface area contributed by atoms with Crippen LogP contribution in [0.2, 0.25) is 0 Å². The van der Waals surface area contributed by atoms with Crippen molar-refractivity contribution >= 4 is 5.97 Å². The predicted molar refractivity (Wildman–Crippen MR) is 50.5 cm³/mol. The highest BCUT2D eigenvalue weighted by atomic mass is 19.4. The molecule has 0 aromatic carbocycles. The van der Waals surface area contributed by atoms with Gasteiger partial charge in [-0.3, -0.25) is 4.79 Å². The molecule has 2 aliphatic rings. The first-order valence-electron chi connectivity index (χ1n) is 5.03. The van der Waals surface area contributed by atoms with Gasteiger partial charge in [-0.15, -0.1) is 0 Å². The lowest BCUT2D eigenvalue weighted by Crippen LogP contribution is -2.56. The molecule has 0 spiro atoms. The summed E-state index contributed by atoms with van der Waals surface area (Å²) in [5, 5.41) is 0. The van der Waals surface area contributed by atoms with Crippen LogP contribution in [-0.2, 0) is 9.53 Å². The molecular formula is C11H6F6O2. The van der Waals surface area contributed by atoms with Gasteiger partial charge in [-0.05, 0) is 6.08 Å². The normalized spacial score (nSPS) is 25.7. The topological polar surface area (TPSA) is 26.3 Å². The highest BCUT2D eigenvalue weighted by Crippen LogP contribution is 2.61. The molecule has 0 bridgehead atoms. The number of alkyl halides is 6. The van der Waals surface area contributed by atoms with Crippen LogP contribution in [0.15, 0.2) is 36.1 Å². The van der Waals surface area contributed by atoms with Crippen LogP contribution in [0.3, 0.4) is 0 Å². The first kappa shape index (κ1) is 13.7. The summed E-state index contributed by atoms with van der Waals surface area (Å²) in [5.41, 5.74) is -4.55. The summed E-state index contributed by atoms with van der Waals surface area (Å²) < 4.78 is 82.0. The lowest BCUT2D eigenvalue weighted by atomic mass is 9.74. The number of carbonyl (C=O) groups excluding carboxylic acids is 1. The first-order chi connectivity index (χ1) is 8.62. The Balaban J connectivity index is 2.71. The van der Waals surface area contributed by atoms with Gasteiger partial charge in [0.2, 0.25) is 0 Å². The molecule has 19 heavy (non-hydrogen) atoms. The third kappa shape index (κ3) is 1.69. The van der Waals surface area contributed by atoms with Gasteiger partial charge in [-0.1, -0.05) is 24.3 Å². The Labute approximate surface area is 103 Å². The van der Waals surface area contributed by atoms with Crippen molar-refractivity contribution in [1.82, 2.24) is 0 Å². The van der Waals surface area contributed by atoms with Gasteiger partial charge < -0.3 is 4.74 Å². The highest BCUT2D eigenvalue weighted by Gasteiger charge is 2.82. The van der Waals surface area contributed by atoms with Crippen LogP contribution in [0, 0.1) is 11.3 Å². The summed E-state index contributed by atoms with van der Waals surface area (Å²) in [6.45, 7) is 0. The van der Waals surface area contributed by atoms with Crippen LogP contribution in [-0.4, -0.2) is 18.3 Å². The molecule has 1 fully saturated rings. The quantitative estimate of drug-likeness (QED) is 0.504. The van der Waals surface area contributed by atoms with Crippen LogP contribution in [0.25, 0.3) is 0 Å². The second-order valence-corrected chi connectivity index (χ2v) is 4.01. The maximum atomic E-state index is 13.0. The second kappa shape index (κ2) is 3.88. The minimum atomic E-state index is -5.81. The van der Waals surface area contributed by atoms with Gasteiger partial charge in [0.15, 0.2) is 0 Å². The Morgan fingerprint density at radius 2 is 1.58 bits per heavy atom. The zero-order chi connectivity index (χ0) is 14.5. The number of esters is 1. The number of halogens is 6. The minimum absolute atomic E-state index is 0.662. The summed E-state index contributed by atoms with van der Waals surface area (Å²) in [4.78, 5) is 11.3. The van der Waals surface area contributed by atoms with Crippen molar-refractivity contribution in [3.05, 3.63) is 36.1 Å². The summed E-state index contributed by atoms with van der Waals surface area (Å²) in [6, 6.07) is 0. The Hall–Kier alpha value is -1.73. The van der Waals surface area contributed by atoms with Crippen molar-refractivity contribution in [3.8, 4) is 0 Å². The van der Waals surface area contributed by atoms with E-state index in [4.69, 9.17) is 0 Å². The van der Waals surface area contributed by atoms with E-state index in [1.165, 1.54) is 12.2 Å². The van der Waals surface area contributed by atoms with E-state index in [1.807, 2.05) is 0 Å². The van der Waals surface area contributed by atoms with Gasteiger partial charge in [0.25, 0.3) is 5.41 Å². The minimum Gasteiger partial charge on any atom is -0.429 e. The lowest BCUT2D eigenvalue weighted by Gasteiger charge is -2.33. The Kier molecular flexibility index (Phi) is 2.80. The number of hydrogen-bond acceptors (Lipinski definition) is 2. The average molecular weight is 284 g/mol. The van der Waals surface area contributed by atoms with E-state index in [2.05, 4.69) is 4.74 Å². The molecule has 0 radical (unpaired) electrons. The van der Waals surface area contributed by atoms with E-state index in [9.17, 15) is 31.1 Å². The molecule has 0 N–H and O–H groups in total. The van der Waals surface area contributed by atoms with E-state index in [0.717, 1.165) is 12.2 Å². The Morgan fingerprint density at radius 3 is 2.11 bits per heavy atom. The van der Waals surface area contributed by atoms with Crippen molar-refractivity contribution in [2.24, 2.45) is 11.3 Å². The summed E-state index contributed by atoms with van der Waals surface area (Å²) in [5.74, 6) is -5.25. The van der Waals surface area contributed by atoms with Gasteiger partial charge in [-0.25, -0.2) is 0 Å². The largest absolute Gasteiger partial charge is 0.429 e. The van der Waals surface area contributed by atoms with Gasteiger partial charge >= 0.3 is 18.3 Å². The van der Waals surface area contributed by atoms with E-state index in [-0.39, 0.29) is 0 Å². The molecule has 1 aliphatic carbocycles. The maximum Gasteiger partial charge on any atom is 0.414 e. The monoisotopic (exact) mass is 284 g/mol. The van der Waals surface area contributed by atoms with Gasteiger partial charge in [0.05, 0.1) is 5.92 Å². The molecule has 104 valence electrons. The fourth-order valence-electron chi connectivity index (χ4n) is 2.10. The molecule has 1 unspecified atom stereocenters. The van der Waals surface area contributed by atoms with Crippen LogP contribution >= 0.6 is 0 Å². The van der Waals surface area contributed by atoms with Gasteiger partial charge in [0, 0.05) is 0 Å². The van der Waals surface area contributed by atoms with Gasteiger partial charge in [0.1, 0.15) is 5.76 Å². The van der Waals surface area contributed by atoms with Crippen molar-refractivity contribution in [3.63, 3.8) is 0 Å². The SMILES string of the molecule is O=C1OC2=CC=CC=CC2C1(C(F)(F)F)C(F)(F)F. The van der Waals surface area contributed by atoms with Gasteiger partial charge in [-0.2, -0.15) is 26.3 Å². The number of hydrogen-bond donors (Lipinski definition) is 0. The smallest absolute Gasteiger partial charge is 0.414 e. The number of allylic oxidation sites excluding steroid dienone is 5. The van der Waals surface area contributed by atoms with Crippen molar-refractivity contribution in [2.75, 3.05) is 0 Å². The average Bonchev–Trinajstić information content (AvgIpc) is 2.38. The highest BCUT2D eigenvalue weighted by molar-refractivity contribution is 5.84. The van der Waals surface area contributed by atoms with E-state index in [1.54, 1.807) is 0 Å². The van der Waals surface area contributed by atoms with Crippen molar-refractivity contribution in [1.29, 1.82) is 0 Å². The summed E-state index contributed by atoms with van der Waals surface area (Å²) in [6.07, 6.45) is -6.57. The maximum absolute atomic E-state index is 13.0. The number of ether oxygens (including phenoxy) is 1. The molecule has 0 aromatic rings. The van der Waals surface area contributed by atoms with Crippen molar-refractivity contribution < 1.29 is 35.9 Å². The van der Waals surface area contributed by atoms with Crippen molar-refractivity contribution in [2.45, 2.75) is 12.4 Å². The third-order valence-electron chi connectivity index (χ3n) is 2.99. The predicted octanol–water partition coefficient (Wildman–Crippen LogP) is 3.28. The number of rotatable bonds is 0. The molecule has 1 heterocycles. The van der Waals surface area contributed by atoms with Crippen LogP contribution in [0.4, 0.5) is 26.3 Å². The third-order valence-corrected chi connectivity index (χ3v) is 2.99. The van der Waals surface area contributed by atoms with Crippen LogP contribution < -0.4 is 0 Å². The molecule has 2 rings (SSSR count). The molecule has 1 saturated heterocycles. The fraction of sp³-hybridized carbons (Fsp3) is 0.364. The molecule has 2 nitrogen and oxygen atoms in total. The molecule has 0 amide bonds. The molecule has 8 heteroatoms.